The van der Waals surface area contributed by atoms with Gasteiger partial charge in [-0.1, -0.05) is 24.3 Å². The van der Waals surface area contributed by atoms with Crippen molar-refractivity contribution >= 4 is 22.5 Å². The Morgan fingerprint density at radius 1 is 1.22 bits per heavy atom. The zero-order valence-electron chi connectivity index (χ0n) is 12.4. The van der Waals surface area contributed by atoms with Gasteiger partial charge in [0.1, 0.15) is 0 Å². The third kappa shape index (κ3) is 4.23. The topological polar surface area (TPSA) is 86.5 Å². The third-order valence-corrected chi connectivity index (χ3v) is 4.46. The molecule has 0 N–H and O–H groups in total. The van der Waals surface area contributed by atoms with Crippen LogP contribution in [-0.2, 0) is 21.3 Å². The number of nitrogens with zero attached hydrogens (tertiary/aromatic N) is 1. The van der Waals surface area contributed by atoms with Crippen molar-refractivity contribution in [3.63, 3.8) is 0 Å². The molecule has 0 heterocycles. The van der Waals surface area contributed by atoms with Gasteiger partial charge in [-0.2, -0.15) is 0 Å². The van der Waals surface area contributed by atoms with Crippen LogP contribution in [0.5, 0.6) is 0 Å². The fourth-order valence-electron chi connectivity index (χ4n) is 1.99. The number of ether oxygens (including phenoxy) is 1. The van der Waals surface area contributed by atoms with E-state index in [1.165, 1.54) is 12.1 Å². The van der Waals surface area contributed by atoms with Crippen LogP contribution < -0.4 is 0 Å². The maximum Gasteiger partial charge on any atom is 0.338 e. The average Bonchev–Trinajstić information content (AvgIpc) is 2.56. The zero-order valence-corrected chi connectivity index (χ0v) is 13.2. The summed E-state index contributed by atoms with van der Waals surface area (Å²) in [6.07, 6.45) is 0. The number of rotatable bonds is 6. The lowest BCUT2D eigenvalue weighted by Gasteiger charge is -2.06. The van der Waals surface area contributed by atoms with Crippen LogP contribution in [0.1, 0.15) is 22.8 Å². The van der Waals surface area contributed by atoms with E-state index < -0.39 is 21.7 Å². The van der Waals surface area contributed by atoms with Crippen LogP contribution in [0.4, 0.5) is 5.69 Å². The zero-order chi connectivity index (χ0) is 16.8. The Hall–Kier alpha value is -2.54. The third-order valence-electron chi connectivity index (χ3n) is 3.09. The second-order valence-electron chi connectivity index (χ2n) is 4.62. The summed E-state index contributed by atoms with van der Waals surface area (Å²) in [6.45, 7) is 1.84. The van der Waals surface area contributed by atoms with Gasteiger partial charge in [-0.05, 0) is 25.1 Å². The van der Waals surface area contributed by atoms with Crippen LogP contribution in [0.15, 0.2) is 53.4 Å². The number of nitro groups is 1. The molecule has 0 amide bonds. The molecule has 7 heteroatoms. The number of carbonyl (C=O) groups is 1. The van der Waals surface area contributed by atoms with Crippen molar-refractivity contribution in [2.45, 2.75) is 17.6 Å². The normalized spacial score (nSPS) is 11.7. The minimum absolute atomic E-state index is 0.00340. The Balaban J connectivity index is 2.30. The monoisotopic (exact) mass is 333 g/mol. The number of benzene rings is 2. The first-order chi connectivity index (χ1) is 11.0. The molecule has 0 aromatic heterocycles. The highest BCUT2D eigenvalue weighted by atomic mass is 32.2. The molecule has 2 aromatic rings. The van der Waals surface area contributed by atoms with Gasteiger partial charge in [0.05, 0.1) is 33.6 Å². The summed E-state index contributed by atoms with van der Waals surface area (Å²) in [5.41, 5.74) is 0.179. The summed E-state index contributed by atoms with van der Waals surface area (Å²) in [7, 11) is -1.40. The molecule has 0 fully saturated rings. The Morgan fingerprint density at radius 3 is 2.52 bits per heavy atom. The molecule has 0 spiro atoms. The largest absolute Gasteiger partial charge is 0.462 e. The molecule has 0 unspecified atom stereocenters. The van der Waals surface area contributed by atoms with Gasteiger partial charge < -0.3 is 4.74 Å². The lowest BCUT2D eigenvalue weighted by molar-refractivity contribution is -0.385. The fraction of sp³-hybridized carbons (Fsp3) is 0.188. The minimum atomic E-state index is -1.40. The predicted octanol–water partition coefficient (Wildman–Crippen LogP) is 3.08. The predicted molar refractivity (Wildman–Crippen MR) is 85.6 cm³/mol. The van der Waals surface area contributed by atoms with Gasteiger partial charge in [0.15, 0.2) is 0 Å². The molecular formula is C16H15NO5S. The van der Waals surface area contributed by atoms with Crippen molar-refractivity contribution in [2.75, 3.05) is 6.61 Å². The molecule has 0 saturated carbocycles. The van der Waals surface area contributed by atoms with Crippen molar-refractivity contribution in [1.29, 1.82) is 0 Å². The highest BCUT2D eigenvalue weighted by Crippen LogP contribution is 2.24. The lowest BCUT2D eigenvalue weighted by atomic mass is 10.1. The molecule has 0 aliphatic heterocycles. The maximum absolute atomic E-state index is 12.3. The maximum atomic E-state index is 12.3. The summed E-state index contributed by atoms with van der Waals surface area (Å²) in [4.78, 5) is 22.9. The van der Waals surface area contributed by atoms with Crippen molar-refractivity contribution in [3.8, 4) is 0 Å². The van der Waals surface area contributed by atoms with Crippen LogP contribution in [0.2, 0.25) is 0 Å². The summed E-state index contributed by atoms with van der Waals surface area (Å²) < 4.78 is 17.1. The molecular weight excluding hydrogens is 318 g/mol. The fourth-order valence-corrected chi connectivity index (χ4v) is 3.15. The molecule has 0 aliphatic carbocycles. The second kappa shape index (κ2) is 7.64. The van der Waals surface area contributed by atoms with Gasteiger partial charge in [-0.3, -0.25) is 14.3 Å². The van der Waals surface area contributed by atoms with E-state index in [4.69, 9.17) is 4.74 Å². The minimum Gasteiger partial charge on any atom is -0.462 e. The number of carbonyl (C=O) groups excluding carboxylic acids is 1. The Bertz CT molecular complexity index is 745. The van der Waals surface area contributed by atoms with Gasteiger partial charge in [0, 0.05) is 16.5 Å². The van der Waals surface area contributed by atoms with Gasteiger partial charge in [-0.15, -0.1) is 0 Å². The van der Waals surface area contributed by atoms with E-state index in [-0.39, 0.29) is 23.6 Å². The van der Waals surface area contributed by atoms with Crippen molar-refractivity contribution in [2.24, 2.45) is 0 Å². The first-order valence-electron chi connectivity index (χ1n) is 6.90. The van der Waals surface area contributed by atoms with Crippen molar-refractivity contribution < 1.29 is 18.7 Å². The molecule has 0 saturated heterocycles. The molecule has 0 bridgehead atoms. The van der Waals surface area contributed by atoms with Crippen LogP contribution in [0.25, 0.3) is 0 Å². The van der Waals surface area contributed by atoms with E-state index in [0.717, 1.165) is 6.07 Å². The molecule has 23 heavy (non-hydrogen) atoms. The second-order valence-corrected chi connectivity index (χ2v) is 6.08. The first-order valence-corrected chi connectivity index (χ1v) is 8.22. The van der Waals surface area contributed by atoms with E-state index in [1.807, 2.05) is 0 Å². The van der Waals surface area contributed by atoms with E-state index in [0.29, 0.717) is 10.5 Å². The van der Waals surface area contributed by atoms with E-state index >= 15 is 0 Å². The molecule has 0 radical (unpaired) electrons. The number of nitro benzene ring substituents is 1. The molecule has 120 valence electrons. The van der Waals surface area contributed by atoms with E-state index in [1.54, 1.807) is 37.3 Å². The SMILES string of the molecule is CCOC(=O)c1ccc(C[S@@](=O)c2ccccc2)c([N+](=O)[O-])c1. The molecule has 1 atom stereocenters. The van der Waals surface area contributed by atoms with Crippen LogP contribution >= 0.6 is 0 Å². The number of hydrogen-bond acceptors (Lipinski definition) is 5. The lowest BCUT2D eigenvalue weighted by Crippen LogP contribution is -2.07. The molecule has 0 aliphatic rings. The smallest absolute Gasteiger partial charge is 0.338 e. The first kappa shape index (κ1) is 16.8. The Labute approximate surface area is 135 Å². The number of hydrogen-bond donors (Lipinski definition) is 0. The quantitative estimate of drug-likeness (QED) is 0.460. The average molecular weight is 333 g/mol. The van der Waals surface area contributed by atoms with E-state index in [2.05, 4.69) is 0 Å². The molecule has 6 nitrogen and oxygen atoms in total. The molecule has 2 rings (SSSR count). The van der Waals surface area contributed by atoms with Crippen LogP contribution in [0.3, 0.4) is 0 Å². The highest BCUT2D eigenvalue weighted by molar-refractivity contribution is 7.84. The Kier molecular flexibility index (Phi) is 5.59. The number of esters is 1. The van der Waals surface area contributed by atoms with Crippen molar-refractivity contribution in [3.05, 3.63) is 69.8 Å². The van der Waals surface area contributed by atoms with E-state index in [9.17, 15) is 19.1 Å². The summed E-state index contributed by atoms with van der Waals surface area (Å²) in [5, 5.41) is 11.2. The van der Waals surface area contributed by atoms with Gasteiger partial charge in [-0.25, -0.2) is 4.79 Å². The standard InChI is InChI=1S/C16H15NO5S/c1-2-22-16(18)12-8-9-13(15(10-12)17(19)20)11-23(21)14-6-4-3-5-7-14/h3-10H,2,11H2,1H3/t23-/m1/s1. The van der Waals surface area contributed by atoms with Gasteiger partial charge in [0.25, 0.3) is 5.69 Å². The summed E-state index contributed by atoms with van der Waals surface area (Å²) >= 11 is 0. The summed E-state index contributed by atoms with van der Waals surface area (Å²) in [5.74, 6) is -0.616. The van der Waals surface area contributed by atoms with Crippen LogP contribution in [0, 0.1) is 10.1 Å². The van der Waals surface area contributed by atoms with Crippen LogP contribution in [-0.4, -0.2) is 21.7 Å². The summed E-state index contributed by atoms with van der Waals surface area (Å²) in [6, 6.07) is 12.8. The van der Waals surface area contributed by atoms with Crippen molar-refractivity contribution in [1.82, 2.24) is 0 Å². The van der Waals surface area contributed by atoms with Gasteiger partial charge >= 0.3 is 5.97 Å². The Morgan fingerprint density at radius 2 is 1.91 bits per heavy atom. The highest BCUT2D eigenvalue weighted by Gasteiger charge is 2.20. The van der Waals surface area contributed by atoms with Gasteiger partial charge in [0.2, 0.25) is 0 Å². The molecule has 2 aromatic carbocycles.